The summed E-state index contributed by atoms with van der Waals surface area (Å²) in [6.45, 7) is 5.23. The molecule has 0 spiro atoms. The number of sulfonamides is 1. The predicted octanol–water partition coefficient (Wildman–Crippen LogP) is 5.20. The smallest absolute Gasteiger partial charge is 0.329 e. The Bertz CT molecular complexity index is 1780. The van der Waals surface area contributed by atoms with E-state index >= 15 is 0 Å². The van der Waals surface area contributed by atoms with Gasteiger partial charge in [0.05, 0.1) is 24.7 Å². The number of hydrogen-bond donors (Lipinski definition) is 2. The predicted molar refractivity (Wildman–Crippen MR) is 168 cm³/mol. The highest BCUT2D eigenvalue weighted by molar-refractivity contribution is 7.92. The molecule has 0 bridgehead atoms. The first-order valence-electron chi connectivity index (χ1n) is 13.2. The van der Waals surface area contributed by atoms with Gasteiger partial charge in [0, 0.05) is 23.7 Å². The highest BCUT2D eigenvalue weighted by Crippen LogP contribution is 2.35. The molecule has 11 nitrogen and oxygen atoms in total. The molecule has 43 heavy (non-hydrogen) atoms. The van der Waals surface area contributed by atoms with Crippen molar-refractivity contribution in [3.05, 3.63) is 78.1 Å². The van der Waals surface area contributed by atoms with Crippen LogP contribution in [0.1, 0.15) is 30.0 Å². The van der Waals surface area contributed by atoms with E-state index < -0.39 is 39.2 Å². The summed E-state index contributed by atoms with van der Waals surface area (Å²) in [5.74, 6) is -1.31. The Hall–Kier alpha value is -4.20. The SMILES string of the molecule is COC(=O)C(C(C)C)N(c1ccc(-c2ccc(NC(=O)c3oc4cccc(N(C)S(C)(=O)=O)c4c3C)cc2)cc1)S(=O)O. The Morgan fingerprint density at radius 1 is 1.00 bits per heavy atom. The van der Waals surface area contributed by atoms with Gasteiger partial charge in [-0.1, -0.05) is 44.2 Å². The first-order valence-corrected chi connectivity index (χ1v) is 16.1. The van der Waals surface area contributed by atoms with Crippen LogP contribution in [0, 0.1) is 12.8 Å². The number of ether oxygens (including phenoxy) is 1. The number of hydrogen-bond acceptors (Lipinski definition) is 7. The molecule has 2 atom stereocenters. The highest BCUT2D eigenvalue weighted by Gasteiger charge is 2.34. The summed E-state index contributed by atoms with van der Waals surface area (Å²) in [4.78, 5) is 25.5. The van der Waals surface area contributed by atoms with Gasteiger partial charge in [-0.3, -0.25) is 18.0 Å². The van der Waals surface area contributed by atoms with Gasteiger partial charge in [-0.05, 0) is 60.4 Å². The highest BCUT2D eigenvalue weighted by atomic mass is 32.2. The summed E-state index contributed by atoms with van der Waals surface area (Å²) in [5, 5.41) is 3.35. The molecule has 2 N–H and O–H groups in total. The van der Waals surface area contributed by atoms with Crippen molar-refractivity contribution in [2.45, 2.75) is 26.8 Å². The number of furan rings is 1. The molecule has 0 radical (unpaired) electrons. The zero-order valence-electron chi connectivity index (χ0n) is 24.5. The second-order valence-electron chi connectivity index (χ2n) is 10.3. The molecular formula is C30H33N3O8S2. The van der Waals surface area contributed by atoms with E-state index in [2.05, 4.69) is 5.32 Å². The van der Waals surface area contributed by atoms with E-state index in [1.807, 2.05) is 12.1 Å². The molecule has 0 fully saturated rings. The van der Waals surface area contributed by atoms with E-state index in [1.165, 1.54) is 14.2 Å². The minimum absolute atomic E-state index is 0.0708. The van der Waals surface area contributed by atoms with E-state index in [1.54, 1.807) is 75.4 Å². The number of carbonyl (C=O) groups excluding carboxylic acids is 2. The number of fused-ring (bicyclic) bond motifs is 1. The zero-order chi connectivity index (χ0) is 31.6. The van der Waals surface area contributed by atoms with E-state index in [9.17, 15) is 26.8 Å². The Kier molecular flexibility index (Phi) is 9.28. The third-order valence-electron chi connectivity index (χ3n) is 7.07. The number of methoxy groups -OCH3 is 1. The summed E-state index contributed by atoms with van der Waals surface area (Å²) in [7, 11) is -0.848. The second-order valence-corrected chi connectivity index (χ2v) is 13.2. The van der Waals surface area contributed by atoms with Crippen LogP contribution in [0.5, 0.6) is 0 Å². The maximum atomic E-state index is 13.1. The zero-order valence-corrected chi connectivity index (χ0v) is 26.2. The molecule has 1 aromatic heterocycles. The molecule has 0 saturated heterocycles. The number of anilines is 3. The summed E-state index contributed by atoms with van der Waals surface area (Å²) >= 11 is -2.46. The van der Waals surface area contributed by atoms with Gasteiger partial charge in [0.1, 0.15) is 11.6 Å². The quantitative estimate of drug-likeness (QED) is 0.180. The third kappa shape index (κ3) is 6.58. The second kappa shape index (κ2) is 12.6. The summed E-state index contributed by atoms with van der Waals surface area (Å²) in [5.41, 5.74) is 3.84. The Morgan fingerprint density at radius 3 is 2.09 bits per heavy atom. The lowest BCUT2D eigenvalue weighted by molar-refractivity contribution is -0.142. The number of rotatable bonds is 10. The number of nitrogens with zero attached hydrogens (tertiary/aromatic N) is 2. The van der Waals surface area contributed by atoms with Crippen LogP contribution in [-0.2, 0) is 30.8 Å². The van der Waals surface area contributed by atoms with E-state index in [0.717, 1.165) is 26.0 Å². The first kappa shape index (κ1) is 31.7. The lowest BCUT2D eigenvalue weighted by atomic mass is 10.0. The largest absolute Gasteiger partial charge is 0.467 e. The fourth-order valence-corrected chi connectivity index (χ4v) is 6.12. The molecule has 4 aromatic rings. The normalized spacial score (nSPS) is 13.0. The number of benzene rings is 3. The van der Waals surface area contributed by atoms with Crippen LogP contribution in [-0.4, -0.2) is 55.5 Å². The molecule has 4 rings (SSSR count). The average molecular weight is 628 g/mol. The number of aryl methyl sites for hydroxylation is 1. The van der Waals surface area contributed by atoms with Crippen molar-refractivity contribution >= 4 is 61.2 Å². The van der Waals surface area contributed by atoms with Gasteiger partial charge in [-0.2, -0.15) is 0 Å². The molecular weight excluding hydrogens is 594 g/mol. The Balaban J connectivity index is 1.54. The van der Waals surface area contributed by atoms with Crippen LogP contribution in [0.2, 0.25) is 0 Å². The van der Waals surface area contributed by atoms with Gasteiger partial charge >= 0.3 is 5.97 Å². The van der Waals surface area contributed by atoms with Crippen molar-refractivity contribution in [3.8, 4) is 11.1 Å². The molecule has 0 aliphatic heterocycles. The van der Waals surface area contributed by atoms with Gasteiger partial charge in [0.15, 0.2) is 5.76 Å². The van der Waals surface area contributed by atoms with Crippen molar-refractivity contribution in [2.24, 2.45) is 5.92 Å². The van der Waals surface area contributed by atoms with Crippen LogP contribution in [0.4, 0.5) is 17.1 Å². The maximum absolute atomic E-state index is 13.1. The summed E-state index contributed by atoms with van der Waals surface area (Å²) in [6.07, 6.45) is 1.10. The van der Waals surface area contributed by atoms with Crippen LogP contribution in [0.3, 0.4) is 0 Å². The lowest BCUT2D eigenvalue weighted by Crippen LogP contribution is -2.46. The minimum atomic E-state index is -3.53. The topological polar surface area (TPSA) is 146 Å². The van der Waals surface area contributed by atoms with Gasteiger partial charge in [0.2, 0.25) is 10.0 Å². The van der Waals surface area contributed by atoms with Gasteiger partial charge in [0.25, 0.3) is 17.2 Å². The number of nitrogens with one attached hydrogen (secondary N) is 1. The van der Waals surface area contributed by atoms with Gasteiger partial charge < -0.3 is 14.5 Å². The first-order chi connectivity index (χ1) is 20.2. The molecule has 3 aromatic carbocycles. The Morgan fingerprint density at radius 2 is 1.58 bits per heavy atom. The van der Waals surface area contributed by atoms with Crippen LogP contribution < -0.4 is 13.9 Å². The van der Waals surface area contributed by atoms with Crippen molar-refractivity contribution in [1.29, 1.82) is 0 Å². The van der Waals surface area contributed by atoms with Crippen molar-refractivity contribution in [2.75, 3.05) is 34.3 Å². The molecule has 228 valence electrons. The van der Waals surface area contributed by atoms with Crippen LogP contribution in [0.25, 0.3) is 22.1 Å². The van der Waals surface area contributed by atoms with Crippen LogP contribution >= 0.6 is 0 Å². The summed E-state index contributed by atoms with van der Waals surface area (Å²) in [6, 6.07) is 17.9. The van der Waals surface area contributed by atoms with E-state index in [4.69, 9.17) is 9.15 Å². The van der Waals surface area contributed by atoms with E-state index in [-0.39, 0.29) is 11.7 Å². The maximum Gasteiger partial charge on any atom is 0.329 e. The molecule has 1 heterocycles. The standard InChI is InChI=1S/C30H33N3O8S2/c1-18(2)27(30(35)40-5)33(42(36)37)23-16-12-21(13-17-23)20-10-14-22(15-11-20)31-29(34)28-19(3)26-24(32(4)43(6,38)39)8-7-9-25(26)41-28/h7-18,27H,1-6H3,(H,31,34)(H,36,37). The molecule has 0 saturated carbocycles. The van der Waals surface area contributed by atoms with Gasteiger partial charge in [-0.15, -0.1) is 0 Å². The van der Waals surface area contributed by atoms with Crippen LogP contribution in [0.15, 0.2) is 71.1 Å². The molecule has 2 unspecified atom stereocenters. The fraction of sp³-hybridized carbons (Fsp3) is 0.267. The number of carbonyl (C=O) groups is 2. The minimum Gasteiger partial charge on any atom is -0.467 e. The lowest BCUT2D eigenvalue weighted by Gasteiger charge is -2.30. The number of esters is 1. The fourth-order valence-electron chi connectivity index (χ4n) is 4.78. The summed E-state index contributed by atoms with van der Waals surface area (Å²) < 4.78 is 59.3. The third-order valence-corrected chi connectivity index (χ3v) is 9.03. The molecule has 0 aliphatic carbocycles. The van der Waals surface area contributed by atoms with Crippen molar-refractivity contribution in [3.63, 3.8) is 0 Å². The van der Waals surface area contributed by atoms with Gasteiger partial charge in [-0.25, -0.2) is 17.4 Å². The number of amides is 1. The monoisotopic (exact) mass is 627 g/mol. The van der Waals surface area contributed by atoms with Crippen molar-refractivity contribution < 1.29 is 35.9 Å². The van der Waals surface area contributed by atoms with E-state index in [0.29, 0.717) is 33.6 Å². The molecule has 1 amide bonds. The average Bonchev–Trinajstić information content (AvgIpc) is 3.31. The Labute approximate surface area is 252 Å². The van der Waals surface area contributed by atoms with Crippen molar-refractivity contribution in [1.82, 2.24) is 0 Å². The molecule has 13 heteroatoms. The molecule has 0 aliphatic rings.